The van der Waals surface area contributed by atoms with E-state index in [9.17, 15) is 13.2 Å². The Morgan fingerprint density at radius 3 is 2.39 bits per heavy atom. The highest BCUT2D eigenvalue weighted by atomic mass is 32.2. The van der Waals surface area contributed by atoms with Crippen LogP contribution in [-0.2, 0) is 21.9 Å². The summed E-state index contributed by atoms with van der Waals surface area (Å²) in [6.45, 7) is 3.37. The van der Waals surface area contributed by atoms with Crippen LogP contribution in [0.1, 0.15) is 13.8 Å². The predicted molar refractivity (Wildman–Crippen MR) is 65.8 cm³/mol. The monoisotopic (exact) mass is 275 g/mol. The SMILES string of the molecule is CC(C)C(NS(=O)(=O)c1c(N)ncn1C)C(N)=O. The van der Waals surface area contributed by atoms with Crippen LogP contribution in [0.2, 0.25) is 0 Å². The lowest BCUT2D eigenvalue weighted by Crippen LogP contribution is -2.48. The molecule has 1 heterocycles. The van der Waals surface area contributed by atoms with Crippen LogP contribution in [0.25, 0.3) is 0 Å². The Kier molecular flexibility index (Phi) is 3.97. The Hall–Kier alpha value is -1.61. The number of hydrogen-bond donors (Lipinski definition) is 3. The first-order chi connectivity index (χ1) is 8.16. The molecule has 1 unspecified atom stereocenters. The van der Waals surface area contributed by atoms with Gasteiger partial charge in [0, 0.05) is 7.05 Å². The molecule has 9 heteroatoms. The van der Waals surface area contributed by atoms with Crippen molar-refractivity contribution >= 4 is 21.7 Å². The van der Waals surface area contributed by atoms with Crippen LogP contribution in [0, 0.1) is 5.92 Å². The first kappa shape index (κ1) is 14.5. The number of rotatable bonds is 5. The summed E-state index contributed by atoms with van der Waals surface area (Å²) in [5, 5.41) is -0.186. The average molecular weight is 275 g/mol. The van der Waals surface area contributed by atoms with Crippen molar-refractivity contribution in [3.63, 3.8) is 0 Å². The average Bonchev–Trinajstić information content (AvgIpc) is 2.54. The maximum absolute atomic E-state index is 12.1. The molecule has 5 N–H and O–H groups in total. The van der Waals surface area contributed by atoms with Crippen LogP contribution < -0.4 is 16.2 Å². The fraction of sp³-hybridized carbons (Fsp3) is 0.556. The second-order valence-electron chi connectivity index (χ2n) is 4.29. The summed E-state index contributed by atoms with van der Waals surface area (Å²) in [6.07, 6.45) is 1.28. The topological polar surface area (TPSA) is 133 Å². The molecule has 0 aliphatic carbocycles. The second-order valence-corrected chi connectivity index (χ2v) is 5.92. The van der Waals surface area contributed by atoms with Gasteiger partial charge in [-0.2, -0.15) is 4.72 Å². The quantitative estimate of drug-likeness (QED) is 0.620. The van der Waals surface area contributed by atoms with Crippen LogP contribution in [0.4, 0.5) is 5.82 Å². The van der Waals surface area contributed by atoms with Crippen molar-refractivity contribution < 1.29 is 13.2 Å². The van der Waals surface area contributed by atoms with E-state index in [4.69, 9.17) is 11.5 Å². The van der Waals surface area contributed by atoms with Crippen LogP contribution >= 0.6 is 0 Å². The zero-order valence-electron chi connectivity index (χ0n) is 10.4. The van der Waals surface area contributed by atoms with Crippen molar-refractivity contribution in [2.45, 2.75) is 24.9 Å². The van der Waals surface area contributed by atoms with Crippen molar-refractivity contribution in [3.05, 3.63) is 6.33 Å². The first-order valence-corrected chi connectivity index (χ1v) is 6.73. The maximum atomic E-state index is 12.1. The Morgan fingerprint density at radius 1 is 1.50 bits per heavy atom. The van der Waals surface area contributed by atoms with Crippen LogP contribution in [-0.4, -0.2) is 29.9 Å². The number of hydrogen-bond acceptors (Lipinski definition) is 5. The predicted octanol–water partition coefficient (Wildman–Crippen LogP) is -1.21. The van der Waals surface area contributed by atoms with E-state index in [0.29, 0.717) is 0 Å². The van der Waals surface area contributed by atoms with Gasteiger partial charge in [-0.05, 0) is 5.92 Å². The number of sulfonamides is 1. The highest BCUT2D eigenvalue weighted by Crippen LogP contribution is 2.16. The van der Waals surface area contributed by atoms with Crippen molar-refractivity contribution in [2.24, 2.45) is 18.7 Å². The maximum Gasteiger partial charge on any atom is 0.260 e. The van der Waals surface area contributed by atoms with E-state index in [1.54, 1.807) is 13.8 Å². The summed E-state index contributed by atoms with van der Waals surface area (Å²) in [7, 11) is -2.45. The zero-order chi connectivity index (χ0) is 14.1. The number of aromatic nitrogens is 2. The van der Waals surface area contributed by atoms with Crippen LogP contribution in [0.5, 0.6) is 0 Å². The van der Waals surface area contributed by atoms with Gasteiger partial charge < -0.3 is 16.0 Å². The lowest BCUT2D eigenvalue weighted by Gasteiger charge is -2.19. The van der Waals surface area contributed by atoms with Crippen molar-refractivity contribution in [3.8, 4) is 0 Å². The van der Waals surface area contributed by atoms with E-state index >= 15 is 0 Å². The van der Waals surface area contributed by atoms with Gasteiger partial charge in [0.2, 0.25) is 5.91 Å². The third kappa shape index (κ3) is 2.79. The van der Waals surface area contributed by atoms with Gasteiger partial charge in [0.05, 0.1) is 6.33 Å². The standard InChI is InChI=1S/C9H17N5O3S/c1-5(2)6(8(11)15)13-18(16,17)9-7(10)12-4-14(9)3/h4-6,13H,10H2,1-3H3,(H2,11,15). The summed E-state index contributed by atoms with van der Waals surface area (Å²) in [4.78, 5) is 14.9. The molecule has 102 valence electrons. The van der Waals surface area contributed by atoms with E-state index < -0.39 is 22.0 Å². The summed E-state index contributed by atoms with van der Waals surface area (Å²) in [6, 6.07) is -0.996. The Bertz CT molecular complexity index is 529. The molecule has 0 saturated heterocycles. The third-order valence-electron chi connectivity index (χ3n) is 2.42. The van der Waals surface area contributed by atoms with E-state index in [1.807, 2.05) is 0 Å². The number of amides is 1. The zero-order valence-corrected chi connectivity index (χ0v) is 11.2. The molecule has 0 aliphatic heterocycles. The fourth-order valence-electron chi connectivity index (χ4n) is 1.51. The largest absolute Gasteiger partial charge is 0.381 e. The molecule has 1 aromatic rings. The number of nitrogens with two attached hydrogens (primary N) is 2. The minimum Gasteiger partial charge on any atom is -0.381 e. The highest BCUT2D eigenvalue weighted by molar-refractivity contribution is 7.89. The molecule has 1 aromatic heterocycles. The number of imidazole rings is 1. The first-order valence-electron chi connectivity index (χ1n) is 5.25. The second kappa shape index (κ2) is 4.94. The molecule has 18 heavy (non-hydrogen) atoms. The summed E-state index contributed by atoms with van der Waals surface area (Å²) >= 11 is 0. The molecule has 1 atom stereocenters. The van der Waals surface area contributed by atoms with Crippen molar-refractivity contribution in [1.82, 2.24) is 14.3 Å². The summed E-state index contributed by atoms with van der Waals surface area (Å²) in [5.74, 6) is -1.14. The van der Waals surface area contributed by atoms with Crippen molar-refractivity contribution in [2.75, 3.05) is 5.73 Å². The molecular formula is C9H17N5O3S. The summed E-state index contributed by atoms with van der Waals surface area (Å²) < 4.78 is 27.7. The molecule has 0 bridgehead atoms. The molecule has 0 radical (unpaired) electrons. The van der Waals surface area contributed by atoms with Gasteiger partial charge in [-0.3, -0.25) is 4.79 Å². The number of aryl methyl sites for hydroxylation is 1. The molecule has 0 aromatic carbocycles. The number of primary amides is 1. The molecule has 0 spiro atoms. The molecular weight excluding hydrogens is 258 g/mol. The minimum absolute atomic E-state index is 0.128. The van der Waals surface area contributed by atoms with E-state index in [-0.39, 0.29) is 16.8 Å². The number of nitrogens with one attached hydrogen (secondary N) is 1. The van der Waals surface area contributed by atoms with E-state index in [1.165, 1.54) is 17.9 Å². The molecule has 0 fully saturated rings. The number of carbonyl (C=O) groups is 1. The van der Waals surface area contributed by atoms with Gasteiger partial charge in [-0.1, -0.05) is 13.8 Å². The summed E-state index contributed by atoms with van der Waals surface area (Å²) in [5.41, 5.74) is 10.6. The number of nitrogen functional groups attached to an aromatic ring is 1. The normalized spacial score (nSPS) is 13.8. The van der Waals surface area contributed by atoms with E-state index in [0.717, 1.165) is 0 Å². The van der Waals surface area contributed by atoms with Gasteiger partial charge >= 0.3 is 0 Å². The van der Waals surface area contributed by atoms with Gasteiger partial charge in [0.1, 0.15) is 6.04 Å². The lowest BCUT2D eigenvalue weighted by molar-refractivity contribution is -0.120. The van der Waals surface area contributed by atoms with Crippen molar-refractivity contribution in [1.29, 1.82) is 0 Å². The van der Waals surface area contributed by atoms with E-state index in [2.05, 4.69) is 9.71 Å². The molecule has 0 aliphatic rings. The smallest absolute Gasteiger partial charge is 0.260 e. The van der Waals surface area contributed by atoms with Gasteiger partial charge in [-0.15, -0.1) is 0 Å². The molecule has 1 amide bonds. The lowest BCUT2D eigenvalue weighted by atomic mass is 10.1. The Balaban J connectivity index is 3.13. The van der Waals surface area contributed by atoms with Gasteiger partial charge in [0.25, 0.3) is 10.0 Å². The fourth-order valence-corrected chi connectivity index (χ4v) is 3.10. The van der Waals surface area contributed by atoms with Gasteiger partial charge in [-0.25, -0.2) is 13.4 Å². The van der Waals surface area contributed by atoms with Crippen LogP contribution in [0.3, 0.4) is 0 Å². The molecule has 8 nitrogen and oxygen atoms in total. The third-order valence-corrected chi connectivity index (χ3v) is 3.99. The Morgan fingerprint density at radius 2 is 2.06 bits per heavy atom. The molecule has 1 rings (SSSR count). The van der Waals surface area contributed by atoms with Gasteiger partial charge in [0.15, 0.2) is 10.8 Å². The number of anilines is 1. The van der Waals surface area contributed by atoms with Crippen LogP contribution in [0.15, 0.2) is 11.4 Å². The minimum atomic E-state index is -3.94. The highest BCUT2D eigenvalue weighted by Gasteiger charge is 2.30. The number of nitrogens with zero attached hydrogens (tertiary/aromatic N) is 2. The molecule has 0 saturated carbocycles. The Labute approximate surface area is 105 Å². The number of carbonyl (C=O) groups excluding carboxylic acids is 1.